The van der Waals surface area contributed by atoms with Crippen LogP contribution >= 0.6 is 0 Å². The molecule has 0 bridgehead atoms. The zero-order chi connectivity index (χ0) is 55.5. The molecule has 4 aromatic carbocycles. The Kier molecular flexibility index (Phi) is 16.7. The summed E-state index contributed by atoms with van der Waals surface area (Å²) in [6.45, 7) is 10.2. The first-order valence-electron chi connectivity index (χ1n) is 28.7. The number of piperidine rings is 1. The lowest BCUT2D eigenvalue weighted by molar-refractivity contribution is -0.136. The number of alkyl carbamates (subject to hydrolysis) is 2. The van der Waals surface area contributed by atoms with Crippen LogP contribution in [0.1, 0.15) is 163 Å². The van der Waals surface area contributed by atoms with Gasteiger partial charge in [-0.15, -0.1) is 0 Å². The maximum absolute atomic E-state index is 16.9. The van der Waals surface area contributed by atoms with Gasteiger partial charge in [0.15, 0.2) is 11.6 Å². The SMILES string of the molecule is CCC(CC)C(NC(=O)OC)C(=O)N1CCC[C@H]1c1nc2ccc([C@@H]3CC[C@@H](c4ccc5nc([C@@H]6CCCN6C(=O)C(NC(=O)OC)C(CC)CC)[nH]c5c4)N3c3cc(F)c(N4CCC(c5ccccc5)CC4)c(F)c3)cc2[nH]1. The molecule has 6 aromatic rings. The Labute approximate surface area is 461 Å². The van der Waals surface area contributed by atoms with Crippen molar-refractivity contribution in [2.24, 2.45) is 11.8 Å². The summed E-state index contributed by atoms with van der Waals surface area (Å²) in [6, 6.07) is 22.8. The Morgan fingerprint density at radius 2 is 1.04 bits per heavy atom. The average molecular weight is 1080 g/mol. The van der Waals surface area contributed by atoms with Gasteiger partial charge in [-0.1, -0.05) is 95.8 Å². The van der Waals surface area contributed by atoms with Crippen LogP contribution in [0.15, 0.2) is 78.9 Å². The third-order valence-electron chi connectivity index (χ3n) is 17.8. The maximum Gasteiger partial charge on any atom is 0.407 e. The number of nitrogens with zero attached hydrogens (tertiary/aromatic N) is 6. The largest absolute Gasteiger partial charge is 0.453 e. The fourth-order valence-electron chi connectivity index (χ4n) is 13.5. The first-order chi connectivity index (χ1) is 38.4. The minimum atomic E-state index is -0.740. The first-order valence-corrected chi connectivity index (χ1v) is 28.7. The molecule has 2 unspecified atom stereocenters. The molecule has 6 heterocycles. The summed E-state index contributed by atoms with van der Waals surface area (Å²) in [5.41, 5.74) is 6.59. The summed E-state index contributed by atoms with van der Waals surface area (Å²) in [6.07, 6.45) is 7.44. The number of rotatable bonds is 17. The van der Waals surface area contributed by atoms with Crippen molar-refractivity contribution in [2.75, 3.05) is 50.2 Å². The van der Waals surface area contributed by atoms with Gasteiger partial charge in [0, 0.05) is 31.9 Å². The minimum Gasteiger partial charge on any atom is -0.453 e. The van der Waals surface area contributed by atoms with Gasteiger partial charge in [0.2, 0.25) is 11.8 Å². The van der Waals surface area contributed by atoms with E-state index < -0.39 is 35.9 Å². The standard InChI is InChI=1S/C61H76F2N10O6/c1-7-36(8-2)53(68-60(76)78-5)58(74)71-28-14-18-51(71)56-64-45-22-20-40(32-47(45)66-56)49-24-25-50(73(49)42-34-43(62)55(44(63)35-42)70-30-26-39(27-31-70)38-16-12-11-13-17-38)41-21-23-46-48(33-41)67-57(65-46)52-19-15-29-72(52)59(75)54(37(9-3)10-4)69-61(77)79-6/h11-13,16-17,20-23,32-37,39,49-54H,7-10,14-15,18-19,24-31H2,1-6H3,(H,64,66)(H,65,67)(H,68,76)(H,69,77)/t49-,50-,51-,52-,53?,54?/m0/s1. The number of amides is 4. The van der Waals surface area contributed by atoms with Crippen molar-refractivity contribution >= 4 is 57.4 Å². The topological polar surface area (TPSA) is 181 Å². The molecule has 4 aliphatic heterocycles. The number of hydrogen-bond acceptors (Lipinski definition) is 10. The molecule has 0 aliphatic carbocycles. The molecule has 0 saturated carbocycles. The van der Waals surface area contributed by atoms with Crippen molar-refractivity contribution in [3.63, 3.8) is 0 Å². The molecule has 2 aromatic heterocycles. The molecule has 4 fully saturated rings. The Bertz CT molecular complexity index is 2960. The van der Waals surface area contributed by atoms with Crippen LogP contribution in [0.2, 0.25) is 0 Å². The van der Waals surface area contributed by atoms with Crippen LogP contribution in [0.5, 0.6) is 0 Å². The lowest BCUT2D eigenvalue weighted by atomic mass is 9.89. The van der Waals surface area contributed by atoms with Gasteiger partial charge < -0.3 is 49.7 Å². The molecule has 0 spiro atoms. The van der Waals surface area contributed by atoms with Crippen LogP contribution in [0.3, 0.4) is 0 Å². The molecule has 4 aliphatic rings. The number of nitrogens with one attached hydrogen (secondary N) is 4. The summed E-state index contributed by atoms with van der Waals surface area (Å²) in [5.74, 6) is -0.0280. The number of hydrogen-bond donors (Lipinski definition) is 4. The van der Waals surface area contributed by atoms with Gasteiger partial charge >= 0.3 is 12.2 Å². The summed E-state index contributed by atoms with van der Waals surface area (Å²) in [4.78, 5) is 78.5. The Hall–Kier alpha value is -7.24. The second-order valence-electron chi connectivity index (χ2n) is 22.0. The van der Waals surface area contributed by atoms with E-state index in [0.717, 1.165) is 58.9 Å². The minimum absolute atomic E-state index is 0.00105. The normalized spacial score (nSPS) is 20.7. The van der Waals surface area contributed by atoms with Crippen LogP contribution in [0.25, 0.3) is 22.1 Å². The summed E-state index contributed by atoms with van der Waals surface area (Å²) < 4.78 is 43.7. The third-order valence-corrected chi connectivity index (χ3v) is 17.8. The van der Waals surface area contributed by atoms with Gasteiger partial charge in [0.05, 0.1) is 60.5 Å². The van der Waals surface area contributed by atoms with Gasteiger partial charge in [-0.25, -0.2) is 28.3 Å². The van der Waals surface area contributed by atoms with Gasteiger partial charge in [-0.05, 0) is 122 Å². The van der Waals surface area contributed by atoms with Crippen LogP contribution in [0.4, 0.5) is 29.7 Å². The quantitative estimate of drug-likeness (QED) is 0.0686. The monoisotopic (exact) mass is 1080 g/mol. The highest BCUT2D eigenvalue weighted by Crippen LogP contribution is 2.49. The van der Waals surface area contributed by atoms with E-state index in [2.05, 4.69) is 49.8 Å². The van der Waals surface area contributed by atoms with Crippen molar-refractivity contribution in [1.82, 2.24) is 40.4 Å². The van der Waals surface area contributed by atoms with Crippen molar-refractivity contribution in [2.45, 2.75) is 147 Å². The van der Waals surface area contributed by atoms with E-state index in [9.17, 15) is 19.2 Å². The Morgan fingerprint density at radius 1 is 0.582 bits per heavy atom. The van der Waals surface area contributed by atoms with E-state index in [4.69, 9.17) is 19.4 Å². The predicted molar refractivity (Wildman–Crippen MR) is 301 cm³/mol. The molecule has 4 N–H and O–H groups in total. The van der Waals surface area contributed by atoms with E-state index in [0.29, 0.717) is 101 Å². The number of halogens is 2. The number of likely N-dealkylation sites (tertiary alicyclic amines) is 2. The molecule has 4 amide bonds. The van der Waals surface area contributed by atoms with E-state index in [1.807, 2.05) is 84.9 Å². The molecule has 4 saturated heterocycles. The van der Waals surface area contributed by atoms with Crippen molar-refractivity contribution in [1.29, 1.82) is 0 Å². The van der Waals surface area contributed by atoms with Gasteiger partial charge in [-0.2, -0.15) is 0 Å². The summed E-state index contributed by atoms with van der Waals surface area (Å²) in [5, 5.41) is 5.65. The van der Waals surface area contributed by atoms with E-state index in [1.165, 1.54) is 31.9 Å². The van der Waals surface area contributed by atoms with Gasteiger partial charge in [0.25, 0.3) is 0 Å². The molecular formula is C61H76F2N10O6. The molecule has 420 valence electrons. The smallest absolute Gasteiger partial charge is 0.407 e. The molecule has 6 atom stereocenters. The number of aromatic nitrogens is 4. The van der Waals surface area contributed by atoms with Crippen LogP contribution < -0.4 is 20.4 Å². The number of methoxy groups -OCH3 is 2. The number of H-pyrrole nitrogens is 2. The number of carbonyl (C=O) groups is 4. The van der Waals surface area contributed by atoms with E-state index in [-0.39, 0.29) is 53.5 Å². The third kappa shape index (κ3) is 11.1. The van der Waals surface area contributed by atoms with Gasteiger partial charge in [0.1, 0.15) is 29.4 Å². The van der Waals surface area contributed by atoms with Crippen LogP contribution in [-0.2, 0) is 19.1 Å². The fraction of sp³-hybridized carbons (Fsp3) is 0.508. The highest BCUT2D eigenvalue weighted by atomic mass is 19.1. The maximum atomic E-state index is 16.9. The molecular weight excluding hydrogens is 1010 g/mol. The summed E-state index contributed by atoms with van der Waals surface area (Å²) >= 11 is 0. The number of ether oxygens (including phenoxy) is 2. The highest BCUT2D eigenvalue weighted by molar-refractivity contribution is 5.88. The van der Waals surface area contributed by atoms with E-state index in [1.54, 1.807) is 0 Å². The molecule has 18 heteroatoms. The number of carbonyl (C=O) groups excluding carboxylic acids is 4. The lowest BCUT2D eigenvalue weighted by Gasteiger charge is -2.36. The molecule has 79 heavy (non-hydrogen) atoms. The first kappa shape index (κ1) is 55.1. The van der Waals surface area contributed by atoms with E-state index >= 15 is 8.78 Å². The number of fused-ring (bicyclic) bond motifs is 2. The number of aromatic amines is 2. The van der Waals surface area contributed by atoms with Crippen molar-refractivity contribution < 1.29 is 37.4 Å². The molecule has 16 nitrogen and oxygen atoms in total. The second-order valence-corrected chi connectivity index (χ2v) is 22.0. The Morgan fingerprint density at radius 3 is 1.47 bits per heavy atom. The Balaban J connectivity index is 0.966. The second kappa shape index (κ2) is 24.0. The zero-order valence-electron chi connectivity index (χ0n) is 46.4. The highest BCUT2D eigenvalue weighted by Gasteiger charge is 2.42. The predicted octanol–water partition coefficient (Wildman–Crippen LogP) is 11.8. The zero-order valence-corrected chi connectivity index (χ0v) is 46.4. The van der Waals surface area contributed by atoms with Crippen LogP contribution in [0, 0.1) is 23.5 Å². The molecule has 10 rings (SSSR count). The number of anilines is 2. The van der Waals surface area contributed by atoms with Crippen molar-refractivity contribution in [3.05, 3.63) is 119 Å². The van der Waals surface area contributed by atoms with Crippen molar-refractivity contribution in [3.8, 4) is 0 Å². The van der Waals surface area contributed by atoms with Gasteiger partial charge in [-0.3, -0.25) is 9.59 Å². The average Bonchev–Trinajstić information content (AvgIpc) is 4.54. The lowest BCUT2D eigenvalue weighted by Crippen LogP contribution is -2.52. The molecule has 0 radical (unpaired) electrons. The summed E-state index contributed by atoms with van der Waals surface area (Å²) in [7, 11) is 2.59. The fourth-order valence-corrected chi connectivity index (χ4v) is 13.5. The number of benzene rings is 4. The number of imidazole rings is 2. The van der Waals surface area contributed by atoms with Crippen LogP contribution in [-0.4, -0.2) is 106 Å².